The lowest BCUT2D eigenvalue weighted by Gasteiger charge is -2.04. The molecular formula is C17H18O. The molecule has 0 unspecified atom stereocenters. The van der Waals surface area contributed by atoms with Crippen LogP contribution in [0.2, 0.25) is 0 Å². The van der Waals surface area contributed by atoms with Crippen molar-refractivity contribution in [3.8, 4) is 16.9 Å². The highest BCUT2D eigenvalue weighted by atomic mass is 16.3. The Labute approximate surface area is 108 Å². The number of hydrogen-bond acceptors (Lipinski definition) is 1. The Bertz CT molecular complexity index is 506. The average Bonchev–Trinajstić information content (AvgIpc) is 2.41. The predicted octanol–water partition coefficient (Wildman–Crippen LogP) is 4.57. The van der Waals surface area contributed by atoms with Crippen LogP contribution in [0.5, 0.6) is 5.75 Å². The van der Waals surface area contributed by atoms with Gasteiger partial charge in [0.1, 0.15) is 5.75 Å². The zero-order valence-corrected chi connectivity index (χ0v) is 10.6. The molecule has 1 nitrogen and oxygen atoms in total. The zero-order valence-electron chi connectivity index (χ0n) is 10.6. The Balaban J connectivity index is 2.09. The molecule has 0 aromatic heterocycles. The van der Waals surface area contributed by atoms with Crippen LogP contribution in [-0.2, 0) is 6.42 Å². The van der Waals surface area contributed by atoms with Crippen LogP contribution in [0.1, 0.15) is 18.9 Å². The maximum absolute atomic E-state index is 9.26. The van der Waals surface area contributed by atoms with Gasteiger partial charge in [-0.1, -0.05) is 48.6 Å². The highest BCUT2D eigenvalue weighted by Gasteiger charge is 1.98. The molecule has 0 amide bonds. The molecule has 0 aliphatic rings. The molecule has 0 heterocycles. The van der Waals surface area contributed by atoms with Gasteiger partial charge < -0.3 is 5.11 Å². The molecule has 0 fully saturated rings. The molecule has 0 saturated carbocycles. The molecule has 0 radical (unpaired) electrons. The highest BCUT2D eigenvalue weighted by molar-refractivity contribution is 5.64. The van der Waals surface area contributed by atoms with Crippen molar-refractivity contribution in [1.82, 2.24) is 0 Å². The highest BCUT2D eigenvalue weighted by Crippen LogP contribution is 2.22. The third-order valence-electron chi connectivity index (χ3n) is 2.99. The lowest BCUT2D eigenvalue weighted by molar-refractivity contribution is 0.475. The molecule has 0 saturated heterocycles. The second-order valence-electron chi connectivity index (χ2n) is 4.35. The molecule has 0 atom stereocenters. The topological polar surface area (TPSA) is 20.2 Å². The van der Waals surface area contributed by atoms with Crippen molar-refractivity contribution in [1.29, 1.82) is 0 Å². The summed E-state index contributed by atoms with van der Waals surface area (Å²) < 4.78 is 0. The van der Waals surface area contributed by atoms with E-state index in [1.165, 1.54) is 11.1 Å². The minimum Gasteiger partial charge on any atom is -0.508 e. The number of aryl methyl sites for hydroxylation is 1. The molecule has 92 valence electrons. The second-order valence-corrected chi connectivity index (χ2v) is 4.35. The van der Waals surface area contributed by atoms with E-state index in [4.69, 9.17) is 0 Å². The van der Waals surface area contributed by atoms with Crippen LogP contribution in [0.3, 0.4) is 0 Å². The molecule has 18 heavy (non-hydrogen) atoms. The quantitative estimate of drug-likeness (QED) is 0.774. The number of allylic oxidation sites excluding steroid dienone is 2. The van der Waals surface area contributed by atoms with E-state index in [0.717, 1.165) is 18.4 Å². The Morgan fingerprint density at radius 3 is 2.00 bits per heavy atom. The number of hydrogen-bond donors (Lipinski definition) is 1. The third kappa shape index (κ3) is 3.24. The number of phenols is 1. The summed E-state index contributed by atoms with van der Waals surface area (Å²) in [5, 5.41) is 9.26. The van der Waals surface area contributed by atoms with Crippen molar-refractivity contribution < 1.29 is 5.11 Å². The van der Waals surface area contributed by atoms with Gasteiger partial charge in [0.2, 0.25) is 0 Å². The van der Waals surface area contributed by atoms with E-state index < -0.39 is 0 Å². The standard InChI is InChI=1S/C17H18O/c1-2-3-4-5-14-6-8-15(9-7-14)16-10-12-17(18)13-11-16/h2-3,6-13,18H,4-5H2,1H3. The van der Waals surface area contributed by atoms with Crippen molar-refractivity contribution in [2.45, 2.75) is 19.8 Å². The molecule has 0 bridgehead atoms. The monoisotopic (exact) mass is 238 g/mol. The molecule has 2 rings (SSSR count). The van der Waals surface area contributed by atoms with Gasteiger partial charge in [0.25, 0.3) is 0 Å². The summed E-state index contributed by atoms with van der Waals surface area (Å²) in [6.07, 6.45) is 6.45. The van der Waals surface area contributed by atoms with E-state index >= 15 is 0 Å². The predicted molar refractivity (Wildman–Crippen MR) is 76.7 cm³/mol. The van der Waals surface area contributed by atoms with Gasteiger partial charge in [0, 0.05) is 0 Å². The van der Waals surface area contributed by atoms with Crippen molar-refractivity contribution >= 4 is 0 Å². The van der Waals surface area contributed by atoms with Gasteiger partial charge in [-0.3, -0.25) is 0 Å². The fourth-order valence-corrected chi connectivity index (χ4v) is 1.93. The smallest absolute Gasteiger partial charge is 0.115 e. The lowest BCUT2D eigenvalue weighted by atomic mass is 10.0. The minimum absolute atomic E-state index is 0.307. The van der Waals surface area contributed by atoms with Crippen LogP contribution < -0.4 is 0 Å². The molecule has 2 aromatic carbocycles. The average molecular weight is 238 g/mol. The maximum atomic E-state index is 9.26. The molecule has 0 spiro atoms. The Morgan fingerprint density at radius 1 is 0.889 bits per heavy atom. The van der Waals surface area contributed by atoms with Gasteiger partial charge in [-0.05, 0) is 48.6 Å². The zero-order chi connectivity index (χ0) is 12.8. The SMILES string of the molecule is CC=CCCc1ccc(-c2ccc(O)cc2)cc1. The fraction of sp³-hybridized carbons (Fsp3) is 0.176. The summed E-state index contributed by atoms with van der Waals surface area (Å²) >= 11 is 0. The summed E-state index contributed by atoms with van der Waals surface area (Å²) in [5.74, 6) is 0.307. The van der Waals surface area contributed by atoms with Crippen LogP contribution in [0.4, 0.5) is 0 Å². The van der Waals surface area contributed by atoms with Crippen LogP contribution in [0, 0.1) is 0 Å². The lowest BCUT2D eigenvalue weighted by Crippen LogP contribution is -1.84. The molecule has 1 N–H and O–H groups in total. The van der Waals surface area contributed by atoms with Gasteiger partial charge >= 0.3 is 0 Å². The fourth-order valence-electron chi connectivity index (χ4n) is 1.93. The van der Waals surface area contributed by atoms with Crippen LogP contribution in [0.25, 0.3) is 11.1 Å². The van der Waals surface area contributed by atoms with Gasteiger partial charge in [-0.15, -0.1) is 0 Å². The van der Waals surface area contributed by atoms with Gasteiger partial charge in [-0.25, -0.2) is 0 Å². The first-order valence-corrected chi connectivity index (χ1v) is 6.29. The Morgan fingerprint density at radius 2 is 1.44 bits per heavy atom. The third-order valence-corrected chi connectivity index (χ3v) is 2.99. The van der Waals surface area contributed by atoms with E-state index in [1.54, 1.807) is 12.1 Å². The maximum Gasteiger partial charge on any atom is 0.115 e. The van der Waals surface area contributed by atoms with Crippen LogP contribution in [-0.4, -0.2) is 5.11 Å². The largest absolute Gasteiger partial charge is 0.508 e. The van der Waals surface area contributed by atoms with Gasteiger partial charge in [-0.2, -0.15) is 0 Å². The molecular weight excluding hydrogens is 220 g/mol. The van der Waals surface area contributed by atoms with Crippen molar-refractivity contribution in [3.05, 3.63) is 66.2 Å². The first-order valence-electron chi connectivity index (χ1n) is 6.29. The molecule has 2 aromatic rings. The van der Waals surface area contributed by atoms with Crippen molar-refractivity contribution in [2.24, 2.45) is 0 Å². The van der Waals surface area contributed by atoms with Gasteiger partial charge in [0.05, 0.1) is 0 Å². The summed E-state index contributed by atoms with van der Waals surface area (Å²) in [6.45, 7) is 2.05. The first-order chi connectivity index (χ1) is 8.79. The van der Waals surface area contributed by atoms with E-state index in [0.29, 0.717) is 5.75 Å². The van der Waals surface area contributed by atoms with Crippen molar-refractivity contribution in [3.63, 3.8) is 0 Å². The molecule has 1 heteroatoms. The molecule has 0 aliphatic carbocycles. The van der Waals surface area contributed by atoms with E-state index in [-0.39, 0.29) is 0 Å². The van der Waals surface area contributed by atoms with E-state index in [2.05, 4.69) is 36.4 Å². The van der Waals surface area contributed by atoms with E-state index in [9.17, 15) is 5.11 Å². The van der Waals surface area contributed by atoms with Crippen molar-refractivity contribution in [2.75, 3.05) is 0 Å². The van der Waals surface area contributed by atoms with Gasteiger partial charge in [0.15, 0.2) is 0 Å². The number of rotatable bonds is 4. The summed E-state index contributed by atoms with van der Waals surface area (Å²) in [5.41, 5.74) is 3.67. The number of aromatic hydroxyl groups is 1. The second kappa shape index (κ2) is 6.06. The Hall–Kier alpha value is -2.02. The normalized spacial score (nSPS) is 10.9. The van der Waals surface area contributed by atoms with Crippen LogP contribution >= 0.6 is 0 Å². The number of phenolic OH excluding ortho intramolecular Hbond substituents is 1. The first kappa shape index (κ1) is 12.4. The summed E-state index contributed by atoms with van der Waals surface area (Å²) in [7, 11) is 0. The van der Waals surface area contributed by atoms with E-state index in [1.807, 2.05) is 19.1 Å². The molecule has 0 aliphatic heterocycles. The summed E-state index contributed by atoms with van der Waals surface area (Å²) in [6, 6.07) is 15.9. The Kier molecular flexibility index (Phi) is 4.19. The summed E-state index contributed by atoms with van der Waals surface area (Å²) in [4.78, 5) is 0. The number of benzene rings is 2. The van der Waals surface area contributed by atoms with Crippen LogP contribution in [0.15, 0.2) is 60.7 Å². The minimum atomic E-state index is 0.307.